The van der Waals surface area contributed by atoms with Gasteiger partial charge in [0, 0.05) is 13.1 Å². The summed E-state index contributed by atoms with van der Waals surface area (Å²) < 4.78 is 0. The van der Waals surface area contributed by atoms with Gasteiger partial charge in [-0.15, -0.1) is 0 Å². The van der Waals surface area contributed by atoms with Crippen LogP contribution in [0.1, 0.15) is 39.0 Å². The van der Waals surface area contributed by atoms with Crippen LogP contribution in [0.2, 0.25) is 0 Å². The van der Waals surface area contributed by atoms with Crippen molar-refractivity contribution in [2.24, 2.45) is 0 Å². The molecule has 0 bridgehead atoms. The predicted octanol–water partition coefficient (Wildman–Crippen LogP) is 1.37. The number of carboxylic acid groups (broad SMARTS) is 1. The lowest BCUT2D eigenvalue weighted by Crippen LogP contribution is -2.55. The van der Waals surface area contributed by atoms with E-state index in [2.05, 4.69) is 10.2 Å². The van der Waals surface area contributed by atoms with Crippen molar-refractivity contribution in [3.63, 3.8) is 0 Å². The fourth-order valence-electron chi connectivity index (χ4n) is 2.76. The van der Waals surface area contributed by atoms with Crippen molar-refractivity contribution in [3.8, 4) is 0 Å². The standard InChI is InChI=1S/C14H27N3O3/c1-4-14(12(18)19)8-7-11-17(14)13(20)15-9-5-6-10-16(2)3/h4-11H2,1-3H3,(H,15,20)(H,18,19). The highest BCUT2D eigenvalue weighted by Crippen LogP contribution is 2.32. The average Bonchev–Trinajstić information content (AvgIpc) is 2.82. The fraction of sp³-hybridized carbons (Fsp3) is 0.857. The molecule has 1 heterocycles. The third-order valence-corrected chi connectivity index (χ3v) is 4.03. The van der Waals surface area contributed by atoms with Crippen LogP contribution in [0.15, 0.2) is 0 Å². The van der Waals surface area contributed by atoms with E-state index in [1.165, 1.54) is 4.90 Å². The number of nitrogens with one attached hydrogen (secondary N) is 1. The maximum absolute atomic E-state index is 12.2. The van der Waals surface area contributed by atoms with Crippen molar-refractivity contribution in [3.05, 3.63) is 0 Å². The summed E-state index contributed by atoms with van der Waals surface area (Å²) in [7, 11) is 4.04. The van der Waals surface area contributed by atoms with Gasteiger partial charge in [0.25, 0.3) is 0 Å². The molecule has 0 aliphatic carbocycles. The van der Waals surface area contributed by atoms with Crippen molar-refractivity contribution in [2.45, 2.75) is 44.6 Å². The van der Waals surface area contributed by atoms with Crippen molar-refractivity contribution in [1.29, 1.82) is 0 Å². The summed E-state index contributed by atoms with van der Waals surface area (Å²) in [4.78, 5) is 27.3. The Morgan fingerprint density at radius 3 is 2.60 bits per heavy atom. The molecule has 1 aliphatic heterocycles. The quantitative estimate of drug-likeness (QED) is 0.693. The topological polar surface area (TPSA) is 72.9 Å². The number of amides is 2. The number of rotatable bonds is 7. The van der Waals surface area contributed by atoms with Gasteiger partial charge in [-0.2, -0.15) is 0 Å². The van der Waals surface area contributed by atoms with Gasteiger partial charge in [0.1, 0.15) is 5.54 Å². The Hall–Kier alpha value is -1.30. The zero-order chi connectivity index (χ0) is 15.2. The van der Waals surface area contributed by atoms with Crippen molar-refractivity contribution in [2.75, 3.05) is 33.7 Å². The molecule has 1 saturated heterocycles. The summed E-state index contributed by atoms with van der Waals surface area (Å²) in [5, 5.41) is 12.3. The summed E-state index contributed by atoms with van der Waals surface area (Å²) in [6.45, 7) is 3.96. The highest BCUT2D eigenvalue weighted by Gasteiger charge is 2.48. The molecule has 6 heteroatoms. The van der Waals surface area contributed by atoms with Gasteiger partial charge in [0.15, 0.2) is 0 Å². The van der Waals surface area contributed by atoms with E-state index in [4.69, 9.17) is 0 Å². The van der Waals surface area contributed by atoms with E-state index in [1.54, 1.807) is 0 Å². The van der Waals surface area contributed by atoms with Crippen LogP contribution in [0.4, 0.5) is 4.79 Å². The van der Waals surface area contributed by atoms with E-state index in [-0.39, 0.29) is 6.03 Å². The molecular weight excluding hydrogens is 258 g/mol. The summed E-state index contributed by atoms with van der Waals surface area (Å²) in [5.41, 5.74) is -1.01. The monoisotopic (exact) mass is 285 g/mol. The highest BCUT2D eigenvalue weighted by molar-refractivity contribution is 5.87. The van der Waals surface area contributed by atoms with Crippen LogP contribution in [0.25, 0.3) is 0 Å². The number of urea groups is 1. The van der Waals surface area contributed by atoms with E-state index >= 15 is 0 Å². The van der Waals surface area contributed by atoms with Gasteiger partial charge in [0.05, 0.1) is 0 Å². The first-order chi connectivity index (χ1) is 9.44. The number of aliphatic carboxylic acids is 1. The summed E-state index contributed by atoms with van der Waals surface area (Å²) >= 11 is 0. The van der Waals surface area contributed by atoms with Gasteiger partial charge >= 0.3 is 12.0 Å². The number of likely N-dealkylation sites (tertiary alicyclic amines) is 1. The molecule has 1 aliphatic rings. The number of carboxylic acids is 1. The molecule has 0 saturated carbocycles. The largest absolute Gasteiger partial charge is 0.479 e. The summed E-state index contributed by atoms with van der Waals surface area (Å²) in [6.07, 6.45) is 3.69. The third kappa shape index (κ3) is 3.85. The molecule has 6 nitrogen and oxygen atoms in total. The average molecular weight is 285 g/mol. The SMILES string of the molecule is CCC1(C(=O)O)CCCN1C(=O)NCCCCN(C)C. The Bertz CT molecular complexity index is 347. The zero-order valence-electron chi connectivity index (χ0n) is 12.8. The molecule has 1 unspecified atom stereocenters. The van der Waals surface area contributed by atoms with E-state index in [0.29, 0.717) is 25.9 Å². The Balaban J connectivity index is 2.44. The lowest BCUT2D eigenvalue weighted by molar-refractivity contribution is -0.148. The molecular formula is C14H27N3O3. The highest BCUT2D eigenvalue weighted by atomic mass is 16.4. The van der Waals surface area contributed by atoms with E-state index < -0.39 is 11.5 Å². The maximum Gasteiger partial charge on any atom is 0.329 e. The normalized spacial score (nSPS) is 22.3. The van der Waals surface area contributed by atoms with Crippen LogP contribution >= 0.6 is 0 Å². The zero-order valence-corrected chi connectivity index (χ0v) is 12.8. The van der Waals surface area contributed by atoms with Gasteiger partial charge < -0.3 is 20.2 Å². The molecule has 0 radical (unpaired) electrons. The van der Waals surface area contributed by atoms with Crippen molar-refractivity contribution < 1.29 is 14.7 Å². The molecule has 0 aromatic heterocycles. The second-order valence-corrected chi connectivity index (χ2v) is 5.69. The Morgan fingerprint density at radius 2 is 2.05 bits per heavy atom. The van der Waals surface area contributed by atoms with Crippen molar-refractivity contribution in [1.82, 2.24) is 15.1 Å². The van der Waals surface area contributed by atoms with E-state index in [1.807, 2.05) is 21.0 Å². The van der Waals surface area contributed by atoms with Gasteiger partial charge in [-0.1, -0.05) is 6.92 Å². The second-order valence-electron chi connectivity index (χ2n) is 5.69. The minimum Gasteiger partial charge on any atom is -0.479 e. The number of nitrogens with zero attached hydrogens (tertiary/aromatic N) is 2. The van der Waals surface area contributed by atoms with Gasteiger partial charge in [-0.05, 0) is 52.7 Å². The number of carbonyl (C=O) groups is 2. The maximum atomic E-state index is 12.2. The molecule has 0 aromatic rings. The lowest BCUT2D eigenvalue weighted by atomic mass is 9.93. The molecule has 2 N–H and O–H groups in total. The van der Waals surface area contributed by atoms with Crippen molar-refractivity contribution >= 4 is 12.0 Å². The molecule has 0 spiro atoms. The minimum absolute atomic E-state index is 0.239. The van der Waals surface area contributed by atoms with Crippen LogP contribution in [-0.2, 0) is 4.79 Å². The first-order valence-corrected chi connectivity index (χ1v) is 7.37. The van der Waals surface area contributed by atoms with Gasteiger partial charge in [0.2, 0.25) is 0 Å². The Labute approximate surface area is 121 Å². The molecule has 0 aromatic carbocycles. The van der Waals surface area contributed by atoms with Gasteiger partial charge in [-0.25, -0.2) is 9.59 Å². The van der Waals surface area contributed by atoms with E-state index in [0.717, 1.165) is 25.8 Å². The van der Waals surface area contributed by atoms with E-state index in [9.17, 15) is 14.7 Å². The molecule has 116 valence electrons. The Kier molecular flexibility index (Phi) is 6.26. The van der Waals surface area contributed by atoms with Gasteiger partial charge in [-0.3, -0.25) is 0 Å². The summed E-state index contributed by atoms with van der Waals surface area (Å²) in [5.74, 6) is -0.889. The van der Waals surface area contributed by atoms with Crippen LogP contribution in [0.5, 0.6) is 0 Å². The van der Waals surface area contributed by atoms with Crippen LogP contribution < -0.4 is 5.32 Å². The second kappa shape index (κ2) is 7.47. The first kappa shape index (κ1) is 16.8. The predicted molar refractivity (Wildman–Crippen MR) is 77.8 cm³/mol. The molecule has 1 atom stereocenters. The van der Waals surface area contributed by atoms with Crippen LogP contribution in [0, 0.1) is 0 Å². The first-order valence-electron chi connectivity index (χ1n) is 7.37. The number of carbonyl (C=O) groups excluding carboxylic acids is 1. The number of hydrogen-bond donors (Lipinski definition) is 2. The lowest BCUT2D eigenvalue weighted by Gasteiger charge is -2.33. The molecule has 20 heavy (non-hydrogen) atoms. The number of hydrogen-bond acceptors (Lipinski definition) is 3. The summed E-state index contributed by atoms with van der Waals surface area (Å²) in [6, 6.07) is -0.239. The third-order valence-electron chi connectivity index (χ3n) is 4.03. The fourth-order valence-corrected chi connectivity index (χ4v) is 2.76. The molecule has 2 amide bonds. The van der Waals surface area contributed by atoms with Crippen LogP contribution in [0.3, 0.4) is 0 Å². The van der Waals surface area contributed by atoms with Crippen LogP contribution in [-0.4, -0.2) is 66.2 Å². The molecule has 1 fully saturated rings. The smallest absolute Gasteiger partial charge is 0.329 e. The molecule has 1 rings (SSSR count). The Morgan fingerprint density at radius 1 is 1.35 bits per heavy atom. The minimum atomic E-state index is -1.01. The number of unbranched alkanes of at least 4 members (excludes halogenated alkanes) is 1.